The highest BCUT2D eigenvalue weighted by molar-refractivity contribution is 6.75. The summed E-state index contributed by atoms with van der Waals surface area (Å²) >= 11 is 0. The summed E-state index contributed by atoms with van der Waals surface area (Å²) in [6, 6.07) is 7.53. The van der Waals surface area contributed by atoms with Crippen molar-refractivity contribution in [2.75, 3.05) is 6.61 Å². The molecule has 0 unspecified atom stereocenters. The van der Waals surface area contributed by atoms with Crippen molar-refractivity contribution in [3.05, 3.63) is 29.8 Å². The van der Waals surface area contributed by atoms with E-state index in [2.05, 4.69) is 67.7 Å². The number of rotatable bonds is 6. The minimum atomic E-state index is -1.92. The second-order valence-electron chi connectivity index (χ2n) is 9.86. The van der Waals surface area contributed by atoms with Crippen LogP contribution in [-0.2, 0) is 4.43 Å². The topological polar surface area (TPSA) is 35.5 Å². The molecule has 3 nitrogen and oxygen atoms in total. The molecule has 0 amide bonds. The number of hydrogen-bond donors (Lipinski definition) is 0. The molecule has 0 saturated carbocycles. The zero-order valence-electron chi connectivity index (χ0n) is 17.7. The first-order valence-corrected chi connectivity index (χ1v) is 14.8. The SMILES string of the molecule is CC(C)(C)[Si](C)(C)OCC(=O)c1cccc(O[Si](C)(C)C(C)(C)C)c1. The minimum absolute atomic E-state index is 0.0190. The summed E-state index contributed by atoms with van der Waals surface area (Å²) in [5, 5.41) is 0.221. The Morgan fingerprint density at radius 2 is 1.44 bits per heavy atom. The van der Waals surface area contributed by atoms with Crippen LogP contribution in [0.4, 0.5) is 0 Å². The van der Waals surface area contributed by atoms with Gasteiger partial charge >= 0.3 is 0 Å². The summed E-state index contributed by atoms with van der Waals surface area (Å²) < 4.78 is 12.4. The van der Waals surface area contributed by atoms with Crippen molar-refractivity contribution in [2.45, 2.75) is 77.8 Å². The second-order valence-corrected chi connectivity index (χ2v) is 19.4. The van der Waals surface area contributed by atoms with E-state index in [9.17, 15) is 4.79 Å². The fraction of sp³-hybridized carbons (Fsp3) is 0.650. The van der Waals surface area contributed by atoms with Gasteiger partial charge in [0.1, 0.15) is 5.75 Å². The molecule has 1 aromatic rings. The van der Waals surface area contributed by atoms with Crippen LogP contribution < -0.4 is 4.43 Å². The highest BCUT2D eigenvalue weighted by Gasteiger charge is 2.39. The molecule has 0 aromatic heterocycles. The van der Waals surface area contributed by atoms with Gasteiger partial charge in [-0.1, -0.05) is 53.7 Å². The second kappa shape index (κ2) is 7.37. The lowest BCUT2D eigenvalue weighted by Crippen LogP contribution is -2.43. The smallest absolute Gasteiger partial charge is 0.250 e. The van der Waals surface area contributed by atoms with Gasteiger partial charge in [0.05, 0.1) is 6.61 Å². The molecule has 0 aliphatic heterocycles. The summed E-state index contributed by atoms with van der Waals surface area (Å²) in [6.45, 7) is 22.1. The molecule has 1 aromatic carbocycles. The third-order valence-electron chi connectivity index (χ3n) is 5.71. The van der Waals surface area contributed by atoms with Crippen molar-refractivity contribution in [3.63, 3.8) is 0 Å². The Bertz CT molecular complexity index is 608. The van der Waals surface area contributed by atoms with Crippen molar-refractivity contribution < 1.29 is 13.6 Å². The summed E-state index contributed by atoms with van der Waals surface area (Å²) in [7, 11) is -3.83. The van der Waals surface area contributed by atoms with Crippen LogP contribution in [0.5, 0.6) is 5.75 Å². The van der Waals surface area contributed by atoms with Crippen LogP contribution in [0.15, 0.2) is 24.3 Å². The van der Waals surface area contributed by atoms with Gasteiger partial charge in [0, 0.05) is 5.56 Å². The van der Waals surface area contributed by atoms with Gasteiger partial charge in [0.15, 0.2) is 14.1 Å². The maximum atomic E-state index is 12.6. The van der Waals surface area contributed by atoms with Crippen molar-refractivity contribution >= 4 is 22.4 Å². The van der Waals surface area contributed by atoms with Gasteiger partial charge in [-0.3, -0.25) is 4.79 Å². The van der Waals surface area contributed by atoms with Crippen LogP contribution in [-0.4, -0.2) is 29.0 Å². The lowest BCUT2D eigenvalue weighted by Gasteiger charge is -2.36. The molecule has 1 rings (SSSR count). The fourth-order valence-corrected chi connectivity index (χ4v) is 3.67. The van der Waals surface area contributed by atoms with E-state index in [0.717, 1.165) is 5.75 Å². The standard InChI is InChI=1S/C20H36O3Si2/c1-19(2,3)24(7,8)22-15-18(21)16-12-11-13-17(14-16)23-25(9,10)20(4,5)6/h11-14H,15H2,1-10H3. The van der Waals surface area contributed by atoms with Gasteiger partial charge in [-0.15, -0.1) is 0 Å². The van der Waals surface area contributed by atoms with E-state index in [-0.39, 0.29) is 22.5 Å². The zero-order valence-corrected chi connectivity index (χ0v) is 19.7. The largest absolute Gasteiger partial charge is 0.543 e. The summed E-state index contributed by atoms with van der Waals surface area (Å²) in [4.78, 5) is 12.6. The summed E-state index contributed by atoms with van der Waals surface area (Å²) in [5.74, 6) is 0.801. The first-order chi connectivity index (χ1) is 11.1. The molecular formula is C20H36O3Si2. The Morgan fingerprint density at radius 3 is 1.92 bits per heavy atom. The number of benzene rings is 1. The van der Waals surface area contributed by atoms with Crippen LogP contribution >= 0.6 is 0 Å². The molecule has 142 valence electrons. The van der Waals surface area contributed by atoms with Gasteiger partial charge in [-0.25, -0.2) is 0 Å². The van der Waals surface area contributed by atoms with Crippen LogP contribution in [0.1, 0.15) is 51.9 Å². The molecule has 25 heavy (non-hydrogen) atoms. The van der Waals surface area contributed by atoms with Crippen molar-refractivity contribution in [1.29, 1.82) is 0 Å². The third kappa shape index (κ3) is 5.79. The number of hydrogen-bond acceptors (Lipinski definition) is 3. The van der Waals surface area contributed by atoms with E-state index in [1.807, 2.05) is 24.3 Å². The average molecular weight is 381 g/mol. The molecule has 0 spiro atoms. The van der Waals surface area contributed by atoms with Crippen LogP contribution in [0.2, 0.25) is 36.3 Å². The molecule has 5 heteroatoms. The molecule has 0 saturated heterocycles. The highest BCUT2D eigenvalue weighted by atomic mass is 28.4. The molecule has 0 heterocycles. The molecule has 0 fully saturated rings. The Morgan fingerprint density at radius 1 is 0.920 bits per heavy atom. The zero-order chi connectivity index (χ0) is 19.7. The van der Waals surface area contributed by atoms with Crippen molar-refractivity contribution in [1.82, 2.24) is 0 Å². The van der Waals surface area contributed by atoms with E-state index < -0.39 is 16.6 Å². The van der Waals surface area contributed by atoms with E-state index in [1.54, 1.807) is 0 Å². The van der Waals surface area contributed by atoms with Crippen molar-refractivity contribution in [2.24, 2.45) is 0 Å². The van der Waals surface area contributed by atoms with Gasteiger partial charge in [-0.2, -0.15) is 0 Å². The Hall–Kier alpha value is -0.916. The van der Waals surface area contributed by atoms with Crippen LogP contribution in [0, 0.1) is 0 Å². The predicted molar refractivity (Wildman–Crippen MR) is 112 cm³/mol. The molecular weight excluding hydrogens is 344 g/mol. The maximum absolute atomic E-state index is 12.6. The van der Waals surface area contributed by atoms with E-state index in [0.29, 0.717) is 5.56 Å². The van der Waals surface area contributed by atoms with Gasteiger partial charge in [0.2, 0.25) is 8.32 Å². The number of ketones is 1. The van der Waals surface area contributed by atoms with Gasteiger partial charge in [-0.05, 0) is 48.4 Å². The molecule has 0 N–H and O–H groups in total. The Kier molecular flexibility index (Phi) is 6.52. The van der Waals surface area contributed by atoms with Gasteiger partial charge in [0.25, 0.3) is 0 Å². The third-order valence-corrected chi connectivity index (χ3v) is 14.5. The molecule has 0 atom stereocenters. The molecule has 0 aliphatic rings. The Labute approximate surface area is 156 Å². The lowest BCUT2D eigenvalue weighted by molar-refractivity contribution is 0.0911. The van der Waals surface area contributed by atoms with Crippen LogP contribution in [0.3, 0.4) is 0 Å². The average Bonchev–Trinajstić information content (AvgIpc) is 2.42. The van der Waals surface area contributed by atoms with E-state index in [1.165, 1.54) is 0 Å². The quantitative estimate of drug-likeness (QED) is 0.430. The molecule has 0 aliphatic carbocycles. The fourth-order valence-electron chi connectivity index (χ4n) is 1.73. The Balaban J connectivity index is 2.86. The first kappa shape index (κ1) is 22.1. The van der Waals surface area contributed by atoms with E-state index >= 15 is 0 Å². The van der Waals surface area contributed by atoms with Crippen LogP contribution in [0.25, 0.3) is 0 Å². The molecule has 0 bridgehead atoms. The van der Waals surface area contributed by atoms with Crippen molar-refractivity contribution in [3.8, 4) is 5.75 Å². The maximum Gasteiger partial charge on any atom is 0.250 e. The lowest BCUT2D eigenvalue weighted by atomic mass is 10.1. The van der Waals surface area contributed by atoms with Gasteiger partial charge < -0.3 is 8.85 Å². The molecule has 0 radical (unpaired) electrons. The normalized spacial score (nSPS) is 13.7. The van der Waals surface area contributed by atoms with E-state index in [4.69, 9.17) is 8.85 Å². The summed E-state index contributed by atoms with van der Waals surface area (Å²) in [5.41, 5.74) is 0.662. The minimum Gasteiger partial charge on any atom is -0.543 e. The predicted octanol–water partition coefficient (Wildman–Crippen LogP) is 6.28. The first-order valence-electron chi connectivity index (χ1n) is 9.03. The summed E-state index contributed by atoms with van der Waals surface area (Å²) in [6.07, 6.45) is 0. The number of carbonyl (C=O) groups is 1. The number of Topliss-reactive ketones (excluding diaryl/α,β-unsaturated/α-hetero) is 1. The number of carbonyl (C=O) groups excluding carboxylic acids is 1. The highest BCUT2D eigenvalue weighted by Crippen LogP contribution is 2.38. The monoisotopic (exact) mass is 380 g/mol.